The summed E-state index contributed by atoms with van der Waals surface area (Å²) in [5, 5.41) is 11.2. The van der Waals surface area contributed by atoms with Gasteiger partial charge in [0.05, 0.1) is 65.0 Å². The molecule has 0 aliphatic rings. The Morgan fingerprint density at radius 1 is 0.632 bits per heavy atom. The number of hydrogen-bond acceptors (Lipinski definition) is 13. The number of nitrogens with one attached hydrogen (secondary N) is 4. The molecule has 0 bridgehead atoms. The van der Waals surface area contributed by atoms with Crippen LogP contribution in [0.4, 0.5) is 0 Å². The van der Waals surface area contributed by atoms with Gasteiger partial charge in [0.1, 0.15) is 25.6 Å². The van der Waals surface area contributed by atoms with Crippen LogP contribution in [0.1, 0.15) is 48.9 Å². The molecule has 57 heavy (non-hydrogen) atoms. The average Bonchev–Trinajstić information content (AvgIpc) is 3.18. The Morgan fingerprint density at radius 3 is 1.37 bits per heavy atom. The summed E-state index contributed by atoms with van der Waals surface area (Å²) < 4.78 is 48.9. The highest BCUT2D eigenvalue weighted by Gasteiger charge is 2.34. The zero-order valence-corrected chi connectivity index (χ0v) is 33.5. The first-order chi connectivity index (χ1) is 27.4. The summed E-state index contributed by atoms with van der Waals surface area (Å²) in [6.45, 7) is 4.25. The molecule has 17 nitrogen and oxygen atoms in total. The maximum Gasteiger partial charge on any atom is 0.255 e. The number of ether oxygens (including phenoxy) is 6. The highest BCUT2D eigenvalue weighted by atomic mass is 31.2. The number of hydrogen-bond donors (Lipinski definition) is 4. The van der Waals surface area contributed by atoms with E-state index in [0.717, 1.165) is 6.66 Å². The fraction of sp³-hybridized carbons (Fsp3) is 0.590. The predicted molar refractivity (Wildman–Crippen MR) is 209 cm³/mol. The molecular weight excluding hydrogens is 763 g/mol. The molecule has 1 rings (SSSR count). The zero-order valence-electron chi connectivity index (χ0n) is 32.6. The van der Waals surface area contributed by atoms with Gasteiger partial charge in [0.15, 0.2) is 7.60 Å². The van der Waals surface area contributed by atoms with Gasteiger partial charge in [0.25, 0.3) is 5.91 Å². The molecule has 0 saturated heterocycles. The second-order valence-corrected chi connectivity index (χ2v) is 14.0. The summed E-state index contributed by atoms with van der Waals surface area (Å²) >= 11 is 0. The topological polar surface area (TPSA) is 221 Å². The van der Waals surface area contributed by atoms with E-state index in [4.69, 9.17) is 52.2 Å². The van der Waals surface area contributed by atoms with Gasteiger partial charge < -0.3 is 59.1 Å². The molecule has 1 aromatic carbocycles. The average molecular weight is 820 g/mol. The summed E-state index contributed by atoms with van der Waals surface area (Å²) in [5.41, 5.74) is -1.42. The van der Waals surface area contributed by atoms with Crippen molar-refractivity contribution >= 4 is 31.2 Å². The SMILES string of the molecule is C#CCOCCOCCNC(=O)CCC(CCC(=O)NCCOCCOCC#C)(CCC(=O)NCCOCCOCC#C)NC(=O)c1ccccc1OP(C)(=O)[O-]. The van der Waals surface area contributed by atoms with Gasteiger partial charge in [-0.3, -0.25) is 23.7 Å². The molecule has 4 amide bonds. The third-order valence-corrected chi connectivity index (χ3v) is 8.17. The second kappa shape index (κ2) is 31.6. The lowest BCUT2D eigenvalue weighted by Crippen LogP contribution is -2.50. The van der Waals surface area contributed by atoms with Crippen LogP contribution in [0.15, 0.2) is 24.3 Å². The number of terminal acetylenes is 3. The molecule has 1 aromatic rings. The van der Waals surface area contributed by atoms with Crippen molar-refractivity contribution in [2.24, 2.45) is 0 Å². The first-order valence-corrected chi connectivity index (χ1v) is 20.4. The lowest BCUT2D eigenvalue weighted by molar-refractivity contribution is -0.188. The summed E-state index contributed by atoms with van der Waals surface area (Å²) in [6, 6.07) is 5.74. The van der Waals surface area contributed by atoms with Crippen molar-refractivity contribution in [2.45, 2.75) is 44.1 Å². The third-order valence-electron chi connectivity index (χ3n) is 7.64. The fourth-order valence-corrected chi connectivity index (χ4v) is 5.46. The molecule has 0 heterocycles. The molecule has 316 valence electrons. The van der Waals surface area contributed by atoms with Gasteiger partial charge in [-0.25, -0.2) is 0 Å². The van der Waals surface area contributed by atoms with Gasteiger partial charge in [-0.2, -0.15) is 0 Å². The minimum atomic E-state index is -4.32. The van der Waals surface area contributed by atoms with Crippen LogP contribution in [0.5, 0.6) is 5.75 Å². The fourth-order valence-electron chi connectivity index (χ4n) is 4.95. The van der Waals surface area contributed by atoms with Gasteiger partial charge in [0, 0.05) is 51.1 Å². The molecule has 0 fully saturated rings. The van der Waals surface area contributed by atoms with E-state index in [1.54, 1.807) is 0 Å². The van der Waals surface area contributed by atoms with Crippen molar-refractivity contribution in [3.05, 3.63) is 29.8 Å². The van der Waals surface area contributed by atoms with Crippen molar-refractivity contribution in [3.63, 3.8) is 0 Å². The highest BCUT2D eigenvalue weighted by molar-refractivity contribution is 7.50. The van der Waals surface area contributed by atoms with Gasteiger partial charge in [-0.05, 0) is 31.4 Å². The molecule has 0 spiro atoms. The van der Waals surface area contributed by atoms with E-state index in [9.17, 15) is 28.6 Å². The maximum atomic E-state index is 13.9. The van der Waals surface area contributed by atoms with Crippen molar-refractivity contribution in [1.29, 1.82) is 0 Å². The summed E-state index contributed by atoms with van der Waals surface area (Å²) in [6.07, 6.45) is 15.1. The summed E-state index contributed by atoms with van der Waals surface area (Å²) in [7, 11) is -4.32. The summed E-state index contributed by atoms with van der Waals surface area (Å²) in [4.78, 5) is 65.1. The zero-order chi connectivity index (χ0) is 42.0. The molecule has 0 aliphatic carbocycles. The first kappa shape index (κ1) is 50.5. The molecule has 4 N–H and O–H groups in total. The van der Waals surface area contributed by atoms with Crippen LogP contribution in [0.25, 0.3) is 0 Å². The molecule has 1 unspecified atom stereocenters. The Labute approximate surface area is 335 Å². The predicted octanol–water partition coefficient (Wildman–Crippen LogP) is 0.406. The number of carbonyl (C=O) groups is 4. The number of rotatable bonds is 34. The van der Waals surface area contributed by atoms with Crippen molar-refractivity contribution in [2.75, 3.05) is 106 Å². The second-order valence-electron chi connectivity index (χ2n) is 12.3. The molecule has 0 aliphatic heterocycles. The Bertz CT molecular complexity index is 1400. The number of benzene rings is 1. The van der Waals surface area contributed by atoms with Crippen molar-refractivity contribution < 1.29 is 61.6 Å². The molecule has 1 atom stereocenters. The van der Waals surface area contributed by atoms with Crippen LogP contribution in [-0.4, -0.2) is 135 Å². The monoisotopic (exact) mass is 819 g/mol. The molecule has 0 saturated carbocycles. The van der Waals surface area contributed by atoms with E-state index in [-0.39, 0.29) is 147 Å². The van der Waals surface area contributed by atoms with Crippen LogP contribution in [0.3, 0.4) is 0 Å². The van der Waals surface area contributed by atoms with Crippen LogP contribution in [0, 0.1) is 37.0 Å². The first-order valence-electron chi connectivity index (χ1n) is 18.4. The maximum absolute atomic E-state index is 13.9. The highest BCUT2D eigenvalue weighted by Crippen LogP contribution is 2.36. The quantitative estimate of drug-likeness (QED) is 0.0421. The Kier molecular flexibility index (Phi) is 28.0. The van der Waals surface area contributed by atoms with Gasteiger partial charge >= 0.3 is 0 Å². The van der Waals surface area contributed by atoms with E-state index in [0.29, 0.717) is 19.8 Å². The van der Waals surface area contributed by atoms with E-state index < -0.39 is 19.0 Å². The van der Waals surface area contributed by atoms with Crippen LogP contribution >= 0.6 is 7.60 Å². The Balaban J connectivity index is 3.15. The van der Waals surface area contributed by atoms with Gasteiger partial charge in [0.2, 0.25) is 17.7 Å². The molecule has 18 heteroatoms. The molecular formula is C39H56N4O13P-. The van der Waals surface area contributed by atoms with Crippen molar-refractivity contribution in [3.8, 4) is 42.8 Å². The van der Waals surface area contributed by atoms with Gasteiger partial charge in [-0.15, -0.1) is 19.3 Å². The molecule has 0 radical (unpaired) electrons. The minimum absolute atomic E-state index is 0.00427. The smallest absolute Gasteiger partial charge is 0.255 e. The van der Waals surface area contributed by atoms with E-state index >= 15 is 0 Å². The lowest BCUT2D eigenvalue weighted by Gasteiger charge is -2.35. The third kappa shape index (κ3) is 26.9. The largest absolute Gasteiger partial charge is 0.769 e. The number of para-hydroxylation sites is 1. The van der Waals surface area contributed by atoms with E-state index in [2.05, 4.69) is 39.0 Å². The lowest BCUT2D eigenvalue weighted by atomic mass is 9.82. The van der Waals surface area contributed by atoms with E-state index in [1.807, 2.05) is 0 Å². The number of carbonyl (C=O) groups excluding carboxylic acids is 4. The van der Waals surface area contributed by atoms with E-state index in [1.165, 1.54) is 24.3 Å². The van der Waals surface area contributed by atoms with Crippen LogP contribution in [-0.2, 0) is 47.4 Å². The normalized spacial score (nSPS) is 11.9. The Morgan fingerprint density at radius 2 is 1.00 bits per heavy atom. The number of amides is 4. The minimum Gasteiger partial charge on any atom is -0.769 e. The standard InChI is InChI=1S/C39H57N4O13P/c1-5-21-50-27-30-53-24-18-40-35(44)12-15-39(16-13-36(45)41-19-25-54-31-28-51-22-6-2,17-14-37(46)42-20-26-55-32-29-52-23-7-3)43-38(47)33-10-8-9-11-34(33)56-57(4,48)49/h1-3,8-11H,12-32H2,4H3,(H,40,44)(H,41,45)(H,42,46)(H,43,47)(H,48,49)/p-1. The summed E-state index contributed by atoms with van der Waals surface area (Å²) in [5.74, 6) is 5.00. The van der Waals surface area contributed by atoms with Crippen molar-refractivity contribution in [1.82, 2.24) is 21.3 Å². The van der Waals surface area contributed by atoms with Crippen LogP contribution in [0.2, 0.25) is 0 Å². The van der Waals surface area contributed by atoms with Crippen LogP contribution < -0.4 is 30.7 Å². The van der Waals surface area contributed by atoms with Gasteiger partial charge in [-0.1, -0.05) is 29.9 Å². The molecule has 0 aromatic heterocycles. The Hall–Kier alpha value is -4.47.